The highest BCUT2D eigenvalue weighted by Crippen LogP contribution is 2.33. The number of ether oxygens (including phenoxy) is 2. The van der Waals surface area contributed by atoms with Gasteiger partial charge in [0.05, 0.1) is 18.5 Å². The Bertz CT molecular complexity index is 1360. The van der Waals surface area contributed by atoms with Gasteiger partial charge in [-0.2, -0.15) is 8.42 Å². The summed E-state index contributed by atoms with van der Waals surface area (Å²) in [6, 6.07) is 15.6. The minimum absolute atomic E-state index is 0.0599. The Labute approximate surface area is 313 Å². The average Bonchev–Trinajstić information content (AvgIpc) is 3.88. The van der Waals surface area contributed by atoms with Crippen molar-refractivity contribution in [1.29, 1.82) is 0 Å². The lowest BCUT2D eigenvalue weighted by Gasteiger charge is -2.26. The number of halogens is 1. The van der Waals surface area contributed by atoms with Gasteiger partial charge in [0.25, 0.3) is 10.1 Å². The zero-order valence-corrected chi connectivity index (χ0v) is 34.7. The van der Waals surface area contributed by atoms with Crippen molar-refractivity contribution in [3.05, 3.63) is 72.3 Å². The summed E-state index contributed by atoms with van der Waals surface area (Å²) in [6.45, 7) is 29.5. The van der Waals surface area contributed by atoms with Gasteiger partial charge < -0.3 is 25.0 Å². The topological polar surface area (TPSA) is 134 Å². The van der Waals surface area contributed by atoms with Crippen LogP contribution in [-0.2, 0) is 24.5 Å². The molecule has 0 aromatic heterocycles. The highest BCUT2D eigenvalue weighted by Gasteiger charge is 2.29. The fourth-order valence-electron chi connectivity index (χ4n) is 4.23. The van der Waals surface area contributed by atoms with Gasteiger partial charge in [-0.15, -0.1) is 0 Å². The molecule has 10 nitrogen and oxygen atoms in total. The summed E-state index contributed by atoms with van der Waals surface area (Å²) in [5, 5.41) is 21.0. The van der Waals surface area contributed by atoms with Crippen LogP contribution in [0.4, 0.5) is 4.39 Å². The Hall–Kier alpha value is -3.03. The molecular weight excluding hydrogens is 688 g/mol. The first-order valence-electron chi connectivity index (χ1n) is 17.5. The van der Waals surface area contributed by atoms with Crippen molar-refractivity contribution in [2.75, 3.05) is 45.8 Å². The number of hydrogen-bond acceptors (Lipinski definition) is 9. The van der Waals surface area contributed by atoms with Crippen molar-refractivity contribution in [2.45, 2.75) is 111 Å². The molecule has 0 bridgehead atoms. The van der Waals surface area contributed by atoms with Gasteiger partial charge in [0.15, 0.2) is 0 Å². The van der Waals surface area contributed by atoms with Gasteiger partial charge in [0.1, 0.15) is 30.9 Å². The number of carbonyl (C=O) groups is 1. The first-order chi connectivity index (χ1) is 23.6. The number of amides is 1. The van der Waals surface area contributed by atoms with Crippen LogP contribution in [0.5, 0.6) is 11.5 Å². The predicted molar refractivity (Wildman–Crippen MR) is 209 cm³/mol. The summed E-state index contributed by atoms with van der Waals surface area (Å²) >= 11 is 0. The van der Waals surface area contributed by atoms with Crippen molar-refractivity contribution in [3.63, 3.8) is 0 Å². The lowest BCUT2D eigenvalue weighted by molar-refractivity contribution is -0.117. The van der Waals surface area contributed by atoms with Gasteiger partial charge in [-0.05, 0) is 104 Å². The van der Waals surface area contributed by atoms with Crippen LogP contribution in [0.1, 0.15) is 94.2 Å². The van der Waals surface area contributed by atoms with Gasteiger partial charge >= 0.3 is 0 Å². The van der Waals surface area contributed by atoms with E-state index in [4.69, 9.17) is 14.6 Å². The zero-order chi connectivity index (χ0) is 40.6. The van der Waals surface area contributed by atoms with Crippen LogP contribution in [0, 0.1) is 5.92 Å². The van der Waals surface area contributed by atoms with Gasteiger partial charge in [-0.1, -0.05) is 51.6 Å². The SMILES string of the molecule is C=CC(=O)NC(C)(C)C.CC(C)(C)N1CC1.CC(C)(C)OS(C)(=O)=O.CC(CO)COc1ccc(C(C)(C)c2ccc(OCC(O)CF)cc2)cc1. The van der Waals surface area contributed by atoms with E-state index in [0.717, 1.165) is 23.1 Å². The smallest absolute Gasteiger partial charge is 0.264 e. The maximum Gasteiger partial charge on any atom is 0.264 e. The number of nitrogens with one attached hydrogen (secondary N) is 1. The summed E-state index contributed by atoms with van der Waals surface area (Å²) in [4.78, 5) is 13.0. The highest BCUT2D eigenvalue weighted by atomic mass is 32.2. The van der Waals surface area contributed by atoms with Crippen molar-refractivity contribution >= 4 is 16.0 Å². The third kappa shape index (κ3) is 23.5. The third-order valence-electron chi connectivity index (χ3n) is 7.10. The van der Waals surface area contributed by atoms with E-state index in [1.165, 1.54) is 19.2 Å². The first-order valence-corrected chi connectivity index (χ1v) is 19.4. The second-order valence-corrected chi connectivity index (χ2v) is 18.0. The van der Waals surface area contributed by atoms with E-state index in [1.807, 2.05) is 76.2 Å². The lowest BCUT2D eigenvalue weighted by Crippen LogP contribution is -2.39. The molecule has 2 aromatic rings. The molecule has 0 saturated carbocycles. The average molecular weight is 755 g/mol. The Morgan fingerprint density at radius 2 is 1.31 bits per heavy atom. The minimum Gasteiger partial charge on any atom is -0.493 e. The zero-order valence-electron chi connectivity index (χ0n) is 33.9. The van der Waals surface area contributed by atoms with E-state index in [-0.39, 0.29) is 36.0 Å². The van der Waals surface area contributed by atoms with E-state index >= 15 is 0 Å². The predicted octanol–water partition coefficient (Wildman–Crippen LogP) is 6.68. The van der Waals surface area contributed by atoms with Crippen molar-refractivity contribution in [3.8, 4) is 11.5 Å². The van der Waals surface area contributed by atoms with E-state index < -0.39 is 28.5 Å². The number of hydrogen-bond donors (Lipinski definition) is 3. The maximum atomic E-state index is 12.3. The molecule has 3 rings (SSSR count). The fourth-order valence-corrected chi connectivity index (χ4v) is 5.13. The van der Waals surface area contributed by atoms with Crippen LogP contribution in [-0.4, -0.2) is 98.1 Å². The number of aliphatic hydroxyl groups is 2. The van der Waals surface area contributed by atoms with Crippen molar-refractivity contribution in [1.82, 2.24) is 10.2 Å². The Kier molecular flexibility index (Phi) is 20.4. The molecule has 2 aromatic carbocycles. The summed E-state index contributed by atoms with van der Waals surface area (Å²) in [5.41, 5.74) is 1.74. The van der Waals surface area contributed by atoms with E-state index in [1.54, 1.807) is 20.8 Å². The molecule has 1 fully saturated rings. The number of nitrogens with zero attached hydrogens (tertiary/aromatic N) is 1. The van der Waals surface area contributed by atoms with Crippen molar-refractivity contribution < 1.29 is 41.5 Å². The molecule has 1 aliphatic heterocycles. The lowest BCUT2D eigenvalue weighted by atomic mass is 9.78. The molecule has 52 heavy (non-hydrogen) atoms. The Morgan fingerprint density at radius 3 is 1.54 bits per heavy atom. The minimum atomic E-state index is -3.28. The van der Waals surface area contributed by atoms with Crippen LogP contribution >= 0.6 is 0 Å². The molecule has 0 spiro atoms. The highest BCUT2D eigenvalue weighted by molar-refractivity contribution is 7.86. The van der Waals surface area contributed by atoms with Crippen LogP contribution in [0.2, 0.25) is 0 Å². The molecule has 2 atom stereocenters. The quantitative estimate of drug-likeness (QED) is 0.123. The first kappa shape index (κ1) is 49.0. The van der Waals surface area contributed by atoms with Crippen LogP contribution in [0.3, 0.4) is 0 Å². The molecule has 298 valence electrons. The Morgan fingerprint density at radius 1 is 0.885 bits per heavy atom. The fraction of sp³-hybridized carbons (Fsp3) is 0.625. The third-order valence-corrected chi connectivity index (χ3v) is 7.90. The van der Waals surface area contributed by atoms with E-state index in [9.17, 15) is 22.7 Å². The summed E-state index contributed by atoms with van der Waals surface area (Å²) in [6.07, 6.45) is 1.21. The molecule has 3 N–H and O–H groups in total. The van der Waals surface area contributed by atoms with Crippen molar-refractivity contribution in [2.24, 2.45) is 5.92 Å². The second-order valence-electron chi connectivity index (χ2n) is 16.4. The summed E-state index contributed by atoms with van der Waals surface area (Å²) in [5.74, 6) is 1.36. The molecule has 12 heteroatoms. The van der Waals surface area contributed by atoms with Gasteiger partial charge in [-0.25, -0.2) is 4.39 Å². The van der Waals surface area contributed by atoms with Crippen LogP contribution in [0.15, 0.2) is 61.2 Å². The molecule has 0 radical (unpaired) electrons. The van der Waals surface area contributed by atoms with E-state index in [2.05, 4.69) is 55.6 Å². The number of carbonyl (C=O) groups excluding carboxylic acids is 1. The molecule has 2 unspecified atom stereocenters. The monoisotopic (exact) mass is 754 g/mol. The molecular formula is C40H67FN2O8S. The summed E-state index contributed by atoms with van der Waals surface area (Å²) in [7, 11) is -3.28. The summed E-state index contributed by atoms with van der Waals surface area (Å²) < 4.78 is 48.8. The van der Waals surface area contributed by atoms with Gasteiger partial charge in [0, 0.05) is 42.1 Å². The number of aliphatic hydroxyl groups excluding tert-OH is 2. The molecule has 1 heterocycles. The normalized spacial score (nSPS) is 14.5. The molecule has 1 aliphatic rings. The largest absolute Gasteiger partial charge is 0.493 e. The molecule has 1 amide bonds. The van der Waals surface area contributed by atoms with Crippen LogP contribution in [0.25, 0.3) is 0 Å². The standard InChI is InChI=1S/C22H29FO4.C7H13NO.C6H13N.C5H12O3S/c1-16(13-24)14-26-20-8-4-17(5-9-20)22(2,3)18-6-10-21(11-7-18)27-15-19(25)12-23;1-5-6(9)8-7(2,3)4;1-6(2,3)7-4-5-7;1-5(2,3)8-9(4,6)7/h4-11,16,19,24-25H,12-15H2,1-3H3;5H,1H2,2-4H3,(H,8,9);4-5H2,1-3H3;1-4H3. The van der Waals surface area contributed by atoms with E-state index in [0.29, 0.717) is 17.9 Å². The maximum absolute atomic E-state index is 12.3. The molecule has 0 aliphatic carbocycles. The Balaban J connectivity index is 0.000000840. The number of rotatable bonds is 12. The number of benzene rings is 2. The van der Waals surface area contributed by atoms with Gasteiger partial charge in [-0.3, -0.25) is 13.9 Å². The van der Waals surface area contributed by atoms with Crippen LogP contribution < -0.4 is 14.8 Å². The van der Waals surface area contributed by atoms with Gasteiger partial charge in [0.2, 0.25) is 5.91 Å². The number of alkyl halides is 1. The molecule has 1 saturated heterocycles. The second kappa shape index (κ2) is 21.6.